The van der Waals surface area contributed by atoms with E-state index in [0.29, 0.717) is 18.8 Å². The second-order valence-corrected chi connectivity index (χ2v) is 7.54. The lowest BCUT2D eigenvalue weighted by atomic mass is 10.2. The first-order valence-electron chi connectivity index (χ1n) is 8.56. The number of nitrogens with two attached hydrogens (primary N) is 1. The van der Waals surface area contributed by atoms with Gasteiger partial charge in [-0.2, -0.15) is 0 Å². The third-order valence-corrected chi connectivity index (χ3v) is 5.11. The molecule has 0 aromatic carbocycles. The van der Waals surface area contributed by atoms with Gasteiger partial charge in [-0.25, -0.2) is 9.97 Å². The fourth-order valence-electron chi connectivity index (χ4n) is 2.72. The predicted octanol–water partition coefficient (Wildman–Crippen LogP) is 2.92. The molecule has 1 saturated heterocycles. The smallest absolute Gasteiger partial charge is 0.249 e. The van der Waals surface area contributed by atoms with Gasteiger partial charge in [0.15, 0.2) is 0 Å². The maximum atomic E-state index is 12.7. The number of aromatic nitrogens is 3. The molecule has 0 aliphatic carbocycles. The van der Waals surface area contributed by atoms with E-state index in [0.717, 1.165) is 26.9 Å². The molecule has 3 heterocycles. The SMILES string of the molecule is C=C(S/C(C)=C\N)c1ccc(N[C@@H]2CCN(c3cnc(C)nc3)C2=O)cn1. The summed E-state index contributed by atoms with van der Waals surface area (Å²) < 4.78 is 0. The highest BCUT2D eigenvalue weighted by Crippen LogP contribution is 2.30. The summed E-state index contributed by atoms with van der Waals surface area (Å²) in [6.45, 7) is 8.39. The fraction of sp³-hybridized carbons (Fsp3) is 0.263. The van der Waals surface area contributed by atoms with Crippen molar-refractivity contribution < 1.29 is 4.79 Å². The summed E-state index contributed by atoms with van der Waals surface area (Å²) in [7, 11) is 0. The van der Waals surface area contributed by atoms with E-state index >= 15 is 0 Å². The van der Waals surface area contributed by atoms with Gasteiger partial charge < -0.3 is 16.0 Å². The number of hydrogen-bond donors (Lipinski definition) is 2. The first kappa shape index (κ1) is 18.9. The minimum Gasteiger partial charge on any atom is -0.404 e. The second-order valence-electron chi connectivity index (χ2n) is 6.20. The number of nitrogens with zero attached hydrogens (tertiary/aromatic N) is 4. The Morgan fingerprint density at radius 1 is 1.33 bits per heavy atom. The van der Waals surface area contributed by atoms with E-state index in [1.54, 1.807) is 29.7 Å². The third kappa shape index (κ3) is 4.46. The van der Waals surface area contributed by atoms with Gasteiger partial charge in [-0.15, -0.1) is 0 Å². The molecule has 1 aliphatic rings. The standard InChI is InChI=1S/C19H22N6OS/c1-12(8-20)27-13(2)17-5-4-15(9-23-17)24-18-6-7-25(19(18)26)16-10-21-14(3)22-11-16/h4-5,8-11,18,24H,2,6-7,20H2,1,3H3/b12-8-/t18-/m1/s1. The van der Waals surface area contributed by atoms with Crippen molar-refractivity contribution in [2.24, 2.45) is 5.73 Å². The van der Waals surface area contributed by atoms with Crippen LogP contribution in [-0.2, 0) is 4.79 Å². The summed E-state index contributed by atoms with van der Waals surface area (Å²) in [5.74, 6) is 0.693. The molecule has 0 spiro atoms. The number of pyridine rings is 1. The number of rotatable bonds is 6. The molecule has 1 aliphatic heterocycles. The lowest BCUT2D eigenvalue weighted by Gasteiger charge is -2.17. The highest BCUT2D eigenvalue weighted by molar-refractivity contribution is 8.11. The average Bonchev–Trinajstić information content (AvgIpc) is 3.03. The fourth-order valence-corrected chi connectivity index (χ4v) is 3.40. The number of anilines is 2. The summed E-state index contributed by atoms with van der Waals surface area (Å²) in [5.41, 5.74) is 7.79. The molecule has 1 amide bonds. The van der Waals surface area contributed by atoms with Crippen LogP contribution in [0.2, 0.25) is 0 Å². The number of aryl methyl sites for hydroxylation is 1. The number of carbonyl (C=O) groups is 1. The summed E-state index contributed by atoms with van der Waals surface area (Å²) in [4.78, 5) is 28.9. The predicted molar refractivity (Wildman–Crippen MR) is 110 cm³/mol. The Kier molecular flexibility index (Phi) is 5.75. The highest BCUT2D eigenvalue weighted by Gasteiger charge is 2.32. The Hall–Kier alpha value is -2.87. The molecule has 3 rings (SSSR count). The highest BCUT2D eigenvalue weighted by atomic mass is 32.2. The molecule has 0 radical (unpaired) electrons. The molecule has 1 fully saturated rings. The molecule has 27 heavy (non-hydrogen) atoms. The molecule has 7 nitrogen and oxygen atoms in total. The summed E-state index contributed by atoms with van der Waals surface area (Å²) in [6.07, 6.45) is 7.33. The minimum absolute atomic E-state index is 0.00945. The van der Waals surface area contributed by atoms with Crippen LogP contribution in [0.1, 0.15) is 24.9 Å². The number of thioether (sulfide) groups is 1. The quantitative estimate of drug-likeness (QED) is 0.793. The summed E-state index contributed by atoms with van der Waals surface area (Å²) in [5, 5.41) is 3.26. The van der Waals surface area contributed by atoms with E-state index in [4.69, 9.17) is 5.73 Å². The van der Waals surface area contributed by atoms with Crippen molar-refractivity contribution in [2.45, 2.75) is 26.3 Å². The molecule has 0 unspecified atom stereocenters. The largest absolute Gasteiger partial charge is 0.404 e. The molecule has 1 atom stereocenters. The summed E-state index contributed by atoms with van der Waals surface area (Å²) in [6, 6.07) is 3.49. The Balaban J connectivity index is 1.63. The number of hydrogen-bond acceptors (Lipinski definition) is 7. The lowest BCUT2D eigenvalue weighted by Crippen LogP contribution is -2.33. The van der Waals surface area contributed by atoms with Gasteiger partial charge in [-0.05, 0) is 32.4 Å². The van der Waals surface area contributed by atoms with Crippen LogP contribution in [0.3, 0.4) is 0 Å². The second kappa shape index (κ2) is 8.22. The van der Waals surface area contributed by atoms with E-state index in [1.807, 2.05) is 26.0 Å². The van der Waals surface area contributed by atoms with Crippen LogP contribution in [0.4, 0.5) is 11.4 Å². The van der Waals surface area contributed by atoms with Gasteiger partial charge in [0, 0.05) is 22.6 Å². The number of amides is 1. The van der Waals surface area contributed by atoms with Crippen LogP contribution in [0.15, 0.2) is 48.4 Å². The Labute approximate surface area is 162 Å². The minimum atomic E-state index is -0.293. The van der Waals surface area contributed by atoms with Crippen molar-refractivity contribution >= 4 is 33.9 Å². The van der Waals surface area contributed by atoms with Crippen molar-refractivity contribution in [3.05, 3.63) is 59.9 Å². The van der Waals surface area contributed by atoms with Crippen molar-refractivity contribution in [3.8, 4) is 0 Å². The molecule has 3 N–H and O–H groups in total. The van der Waals surface area contributed by atoms with E-state index in [9.17, 15) is 4.79 Å². The zero-order chi connectivity index (χ0) is 19.4. The third-order valence-electron chi connectivity index (χ3n) is 4.19. The van der Waals surface area contributed by atoms with Gasteiger partial charge in [-0.1, -0.05) is 18.3 Å². The summed E-state index contributed by atoms with van der Waals surface area (Å²) >= 11 is 1.48. The normalized spacial score (nSPS) is 17.3. The van der Waals surface area contributed by atoms with Gasteiger partial charge in [0.25, 0.3) is 0 Å². The Bertz CT molecular complexity index is 863. The number of carbonyl (C=O) groups excluding carboxylic acids is 1. The van der Waals surface area contributed by atoms with Gasteiger partial charge in [0.05, 0.1) is 35.7 Å². The van der Waals surface area contributed by atoms with E-state index in [1.165, 1.54) is 11.8 Å². The van der Waals surface area contributed by atoms with Crippen LogP contribution in [-0.4, -0.2) is 33.4 Å². The van der Waals surface area contributed by atoms with Gasteiger partial charge in [0.1, 0.15) is 11.9 Å². The number of allylic oxidation sites excluding steroid dienone is 1. The number of nitrogens with one attached hydrogen (secondary N) is 1. The molecule has 0 saturated carbocycles. The molecule has 140 valence electrons. The van der Waals surface area contributed by atoms with E-state index < -0.39 is 0 Å². The molecule has 0 bridgehead atoms. The maximum Gasteiger partial charge on any atom is 0.249 e. The topological polar surface area (TPSA) is 97.0 Å². The molecular weight excluding hydrogens is 360 g/mol. The maximum absolute atomic E-state index is 12.7. The van der Waals surface area contributed by atoms with Crippen LogP contribution in [0, 0.1) is 6.92 Å². The lowest BCUT2D eigenvalue weighted by molar-refractivity contribution is -0.117. The van der Waals surface area contributed by atoms with Crippen LogP contribution in [0.5, 0.6) is 0 Å². The van der Waals surface area contributed by atoms with Gasteiger partial charge in [0.2, 0.25) is 5.91 Å². The molecule has 2 aromatic heterocycles. The average molecular weight is 382 g/mol. The zero-order valence-electron chi connectivity index (χ0n) is 15.3. The first-order chi connectivity index (χ1) is 13.0. The Morgan fingerprint density at radius 2 is 2.07 bits per heavy atom. The first-order valence-corrected chi connectivity index (χ1v) is 9.38. The van der Waals surface area contributed by atoms with Crippen molar-refractivity contribution in [1.82, 2.24) is 15.0 Å². The van der Waals surface area contributed by atoms with Crippen molar-refractivity contribution in [1.29, 1.82) is 0 Å². The van der Waals surface area contributed by atoms with Gasteiger partial charge in [-0.3, -0.25) is 9.78 Å². The van der Waals surface area contributed by atoms with Crippen molar-refractivity contribution in [2.75, 3.05) is 16.8 Å². The van der Waals surface area contributed by atoms with Crippen LogP contribution < -0.4 is 16.0 Å². The van der Waals surface area contributed by atoms with Crippen LogP contribution in [0.25, 0.3) is 4.91 Å². The molecular formula is C19H22N6OS. The van der Waals surface area contributed by atoms with Crippen molar-refractivity contribution in [3.63, 3.8) is 0 Å². The Morgan fingerprint density at radius 3 is 2.70 bits per heavy atom. The van der Waals surface area contributed by atoms with Gasteiger partial charge >= 0.3 is 0 Å². The van der Waals surface area contributed by atoms with E-state index in [-0.39, 0.29) is 11.9 Å². The molecule has 2 aromatic rings. The zero-order valence-corrected chi connectivity index (χ0v) is 16.2. The van der Waals surface area contributed by atoms with Crippen LogP contribution >= 0.6 is 11.8 Å². The molecule has 8 heteroatoms. The van der Waals surface area contributed by atoms with E-state index in [2.05, 4.69) is 26.8 Å². The monoisotopic (exact) mass is 382 g/mol.